The second-order valence-corrected chi connectivity index (χ2v) is 8.21. The van der Waals surface area contributed by atoms with E-state index in [-0.39, 0.29) is 5.92 Å². The van der Waals surface area contributed by atoms with Crippen molar-refractivity contribution in [3.8, 4) is 0 Å². The van der Waals surface area contributed by atoms with Crippen molar-refractivity contribution in [3.05, 3.63) is 0 Å². The molecule has 0 spiro atoms. The van der Waals surface area contributed by atoms with E-state index in [0.717, 1.165) is 38.3 Å². The van der Waals surface area contributed by atoms with Gasteiger partial charge in [0.2, 0.25) is 5.91 Å². The number of hydrogen-bond donors (Lipinski definition) is 2. The van der Waals surface area contributed by atoms with Gasteiger partial charge in [0.05, 0.1) is 0 Å². The van der Waals surface area contributed by atoms with Crippen molar-refractivity contribution >= 4 is 11.9 Å². The average molecular weight is 320 g/mol. The smallest absolute Gasteiger partial charge is 0.225 e. The van der Waals surface area contributed by atoms with E-state index < -0.39 is 0 Å². The minimum atomic E-state index is 0.284. The Balaban J connectivity index is 1.46. The van der Waals surface area contributed by atoms with Crippen molar-refractivity contribution in [1.29, 1.82) is 0 Å². The molecule has 2 aliphatic carbocycles. The molecule has 5 nitrogen and oxygen atoms in total. The van der Waals surface area contributed by atoms with Crippen LogP contribution in [0.4, 0.5) is 0 Å². The van der Waals surface area contributed by atoms with Gasteiger partial charge in [0.25, 0.3) is 0 Å². The second-order valence-electron chi connectivity index (χ2n) is 8.21. The van der Waals surface area contributed by atoms with Gasteiger partial charge >= 0.3 is 0 Å². The Hall–Kier alpha value is -1.26. The molecule has 5 heteroatoms. The van der Waals surface area contributed by atoms with Crippen LogP contribution in [0.15, 0.2) is 4.99 Å². The van der Waals surface area contributed by atoms with Gasteiger partial charge in [-0.25, -0.2) is 0 Å². The van der Waals surface area contributed by atoms with E-state index in [1.165, 1.54) is 25.7 Å². The molecule has 0 aromatic carbocycles. The van der Waals surface area contributed by atoms with Crippen LogP contribution in [0.3, 0.4) is 0 Å². The van der Waals surface area contributed by atoms with Crippen molar-refractivity contribution in [1.82, 2.24) is 15.5 Å². The molecule has 3 aliphatic rings. The summed E-state index contributed by atoms with van der Waals surface area (Å²) in [6.45, 7) is 6.26. The molecule has 3 fully saturated rings. The summed E-state index contributed by atoms with van der Waals surface area (Å²) in [5, 5.41) is 7.01. The number of likely N-dealkylation sites (tertiary alicyclic amines) is 1. The minimum absolute atomic E-state index is 0.284. The molecule has 1 aliphatic heterocycles. The van der Waals surface area contributed by atoms with Gasteiger partial charge in [0, 0.05) is 38.1 Å². The van der Waals surface area contributed by atoms with E-state index >= 15 is 0 Å². The summed E-state index contributed by atoms with van der Waals surface area (Å²) in [4.78, 5) is 19.0. The molecule has 2 saturated carbocycles. The third-order valence-corrected chi connectivity index (χ3v) is 5.84. The Kier molecular flexibility index (Phi) is 4.83. The van der Waals surface area contributed by atoms with Crippen molar-refractivity contribution in [2.24, 2.45) is 16.3 Å². The lowest BCUT2D eigenvalue weighted by molar-refractivity contribution is -0.135. The van der Waals surface area contributed by atoms with Gasteiger partial charge in [-0.1, -0.05) is 33.1 Å². The molecule has 3 rings (SSSR count). The normalized spacial score (nSPS) is 31.1. The molecule has 2 N–H and O–H groups in total. The molecule has 23 heavy (non-hydrogen) atoms. The molecule has 130 valence electrons. The maximum atomic E-state index is 12.6. The Labute approximate surface area is 140 Å². The second kappa shape index (κ2) is 6.70. The summed E-state index contributed by atoms with van der Waals surface area (Å²) in [5.41, 5.74) is 0.385. The predicted octanol–water partition coefficient (Wildman–Crippen LogP) is 2.13. The average Bonchev–Trinajstić information content (AvgIpc) is 2.95. The zero-order valence-electron chi connectivity index (χ0n) is 14.9. The number of aliphatic imine (C=N–C) groups is 1. The van der Waals surface area contributed by atoms with E-state index in [1.807, 2.05) is 7.05 Å². The van der Waals surface area contributed by atoms with Crippen LogP contribution in [0, 0.1) is 11.3 Å². The first-order chi connectivity index (χ1) is 11.0. The van der Waals surface area contributed by atoms with E-state index in [9.17, 15) is 4.79 Å². The van der Waals surface area contributed by atoms with Crippen LogP contribution in [0.25, 0.3) is 0 Å². The zero-order chi connectivity index (χ0) is 16.4. The topological polar surface area (TPSA) is 56.7 Å². The Morgan fingerprint density at radius 1 is 1.13 bits per heavy atom. The van der Waals surface area contributed by atoms with Crippen molar-refractivity contribution in [3.63, 3.8) is 0 Å². The third-order valence-electron chi connectivity index (χ3n) is 5.84. The van der Waals surface area contributed by atoms with Crippen LogP contribution in [-0.4, -0.2) is 49.0 Å². The van der Waals surface area contributed by atoms with Crippen LogP contribution in [0.2, 0.25) is 0 Å². The molecular weight excluding hydrogens is 288 g/mol. The molecule has 2 atom stereocenters. The lowest BCUT2D eigenvalue weighted by Gasteiger charge is -2.26. The van der Waals surface area contributed by atoms with E-state index in [0.29, 0.717) is 23.4 Å². The summed E-state index contributed by atoms with van der Waals surface area (Å²) in [5.74, 6) is 1.56. The quantitative estimate of drug-likeness (QED) is 0.619. The molecule has 0 bridgehead atoms. The van der Waals surface area contributed by atoms with E-state index in [2.05, 4.69) is 34.4 Å². The number of amides is 1. The van der Waals surface area contributed by atoms with E-state index in [4.69, 9.17) is 0 Å². The van der Waals surface area contributed by atoms with Crippen molar-refractivity contribution < 1.29 is 4.79 Å². The molecule has 1 amide bonds. The highest BCUT2D eigenvalue weighted by Gasteiger charge is 2.46. The molecular formula is C18H32N4O. The number of carbonyl (C=O) groups excluding carboxylic acids is 1. The molecule has 0 aromatic heterocycles. The van der Waals surface area contributed by atoms with Crippen LogP contribution < -0.4 is 10.6 Å². The molecule has 0 aromatic rings. The maximum absolute atomic E-state index is 12.6. The Morgan fingerprint density at radius 2 is 1.83 bits per heavy atom. The molecule has 1 heterocycles. The monoisotopic (exact) mass is 320 g/mol. The minimum Gasteiger partial charge on any atom is -0.353 e. The lowest BCUT2D eigenvalue weighted by atomic mass is 9.88. The van der Waals surface area contributed by atoms with Gasteiger partial charge in [-0.2, -0.15) is 0 Å². The van der Waals surface area contributed by atoms with Gasteiger partial charge in [-0.15, -0.1) is 0 Å². The fraction of sp³-hybridized carbons (Fsp3) is 0.889. The number of guanidine groups is 1. The first kappa shape index (κ1) is 16.6. The van der Waals surface area contributed by atoms with Gasteiger partial charge in [-0.05, 0) is 31.1 Å². The number of rotatable bonds is 3. The SMILES string of the molecule is CN=C(NC1CCN(C(=O)C2CCCCC2)C1)NC1CC1(C)C. The summed E-state index contributed by atoms with van der Waals surface area (Å²) in [6.07, 6.45) is 8.14. The Bertz CT molecular complexity index is 468. The first-order valence-corrected chi connectivity index (χ1v) is 9.28. The Morgan fingerprint density at radius 3 is 2.43 bits per heavy atom. The summed E-state index contributed by atoms with van der Waals surface area (Å²) < 4.78 is 0. The molecule has 2 unspecified atom stereocenters. The van der Waals surface area contributed by atoms with Gasteiger partial charge in [-0.3, -0.25) is 9.79 Å². The zero-order valence-corrected chi connectivity index (χ0v) is 14.9. The highest BCUT2D eigenvalue weighted by molar-refractivity contribution is 5.82. The van der Waals surface area contributed by atoms with E-state index in [1.54, 1.807) is 0 Å². The fourth-order valence-electron chi connectivity index (χ4n) is 3.93. The summed E-state index contributed by atoms with van der Waals surface area (Å²) in [6, 6.07) is 0.852. The fourth-order valence-corrected chi connectivity index (χ4v) is 3.93. The molecule has 1 saturated heterocycles. The number of carbonyl (C=O) groups is 1. The van der Waals surface area contributed by atoms with Gasteiger partial charge < -0.3 is 15.5 Å². The van der Waals surface area contributed by atoms with Crippen molar-refractivity contribution in [2.75, 3.05) is 20.1 Å². The van der Waals surface area contributed by atoms with Crippen LogP contribution in [0.5, 0.6) is 0 Å². The van der Waals surface area contributed by atoms with Gasteiger partial charge in [0.1, 0.15) is 0 Å². The number of nitrogens with one attached hydrogen (secondary N) is 2. The van der Waals surface area contributed by atoms with Crippen molar-refractivity contribution in [2.45, 2.75) is 70.9 Å². The lowest BCUT2D eigenvalue weighted by Crippen LogP contribution is -2.46. The third kappa shape index (κ3) is 3.99. The van der Waals surface area contributed by atoms with Gasteiger partial charge in [0.15, 0.2) is 5.96 Å². The summed E-state index contributed by atoms with van der Waals surface area (Å²) in [7, 11) is 1.82. The van der Waals surface area contributed by atoms with Crippen LogP contribution in [0.1, 0.15) is 58.8 Å². The molecule has 0 radical (unpaired) electrons. The predicted molar refractivity (Wildman–Crippen MR) is 93.4 cm³/mol. The first-order valence-electron chi connectivity index (χ1n) is 9.28. The maximum Gasteiger partial charge on any atom is 0.225 e. The summed E-state index contributed by atoms with van der Waals surface area (Å²) >= 11 is 0. The standard InChI is InChI=1S/C18H32N4O/c1-18(2)11-15(18)21-17(19-3)20-14-9-10-22(12-14)16(23)13-7-5-4-6-8-13/h13-15H,4-12H2,1-3H3,(H2,19,20,21). The highest BCUT2D eigenvalue weighted by atomic mass is 16.2. The number of hydrogen-bond acceptors (Lipinski definition) is 2. The highest BCUT2D eigenvalue weighted by Crippen LogP contribution is 2.44. The van der Waals surface area contributed by atoms with Crippen LogP contribution >= 0.6 is 0 Å². The number of nitrogens with zero attached hydrogens (tertiary/aromatic N) is 2. The van der Waals surface area contributed by atoms with Crippen LogP contribution in [-0.2, 0) is 4.79 Å². The largest absolute Gasteiger partial charge is 0.353 e.